The van der Waals surface area contributed by atoms with Crippen LogP contribution in [0.3, 0.4) is 0 Å². The third kappa shape index (κ3) is 4.68. The summed E-state index contributed by atoms with van der Waals surface area (Å²) in [6.45, 7) is 5.25. The third-order valence-corrected chi connectivity index (χ3v) is 2.22. The Balaban J connectivity index is 2.70. The Morgan fingerprint density at radius 3 is 2.71 bits per heavy atom. The predicted octanol–water partition coefficient (Wildman–Crippen LogP) is 2.27. The standard InChI is InChI=1S/C13H18N2O2/c1-10(2)9-15(3)12-6-4-11(8-14-12)5-7-13(16)17/h4-8,10H,9H2,1-3H3,(H,16,17)/b7-5+. The highest BCUT2D eigenvalue weighted by Crippen LogP contribution is 2.12. The van der Waals surface area contributed by atoms with Gasteiger partial charge >= 0.3 is 5.97 Å². The number of nitrogens with zero attached hydrogens (tertiary/aromatic N) is 2. The highest BCUT2D eigenvalue weighted by Gasteiger charge is 2.03. The van der Waals surface area contributed by atoms with Crippen LogP contribution in [0.15, 0.2) is 24.4 Å². The number of pyridine rings is 1. The molecule has 4 nitrogen and oxygen atoms in total. The molecule has 0 aliphatic heterocycles. The fourth-order valence-corrected chi connectivity index (χ4v) is 1.53. The van der Waals surface area contributed by atoms with E-state index in [-0.39, 0.29) is 0 Å². The van der Waals surface area contributed by atoms with E-state index in [1.807, 2.05) is 19.2 Å². The zero-order valence-electron chi connectivity index (χ0n) is 10.4. The van der Waals surface area contributed by atoms with Crippen molar-refractivity contribution < 1.29 is 9.90 Å². The SMILES string of the molecule is CC(C)CN(C)c1ccc(/C=C/C(=O)O)cn1. The van der Waals surface area contributed by atoms with Crippen molar-refractivity contribution in [3.8, 4) is 0 Å². The van der Waals surface area contributed by atoms with E-state index in [4.69, 9.17) is 5.11 Å². The number of carbonyl (C=O) groups is 1. The lowest BCUT2D eigenvalue weighted by atomic mass is 10.2. The second-order valence-corrected chi connectivity index (χ2v) is 4.40. The normalized spacial score (nSPS) is 11.1. The van der Waals surface area contributed by atoms with Gasteiger partial charge in [-0.1, -0.05) is 13.8 Å². The molecule has 0 unspecified atom stereocenters. The number of carboxylic acids is 1. The minimum absolute atomic E-state index is 0.577. The Kier molecular flexibility index (Phi) is 4.69. The second-order valence-electron chi connectivity index (χ2n) is 4.40. The zero-order chi connectivity index (χ0) is 12.8. The lowest BCUT2D eigenvalue weighted by molar-refractivity contribution is -0.131. The summed E-state index contributed by atoms with van der Waals surface area (Å²) in [4.78, 5) is 16.7. The molecule has 92 valence electrons. The molecule has 1 aromatic rings. The van der Waals surface area contributed by atoms with Crippen molar-refractivity contribution in [3.63, 3.8) is 0 Å². The largest absolute Gasteiger partial charge is 0.478 e. The molecule has 1 aromatic heterocycles. The molecule has 4 heteroatoms. The van der Waals surface area contributed by atoms with Crippen molar-refractivity contribution in [3.05, 3.63) is 30.0 Å². The van der Waals surface area contributed by atoms with Gasteiger partial charge in [-0.2, -0.15) is 0 Å². The van der Waals surface area contributed by atoms with Crippen molar-refractivity contribution >= 4 is 17.9 Å². The van der Waals surface area contributed by atoms with E-state index in [0.29, 0.717) is 5.92 Å². The van der Waals surface area contributed by atoms with Gasteiger partial charge in [-0.15, -0.1) is 0 Å². The summed E-state index contributed by atoms with van der Waals surface area (Å²) in [5, 5.41) is 8.50. The molecule has 0 bridgehead atoms. The molecule has 0 spiro atoms. The number of hydrogen-bond donors (Lipinski definition) is 1. The summed E-state index contributed by atoms with van der Waals surface area (Å²) in [5.74, 6) is 0.519. The molecule has 1 N–H and O–H groups in total. The molecule has 0 aliphatic carbocycles. The summed E-state index contributed by atoms with van der Waals surface area (Å²) in [7, 11) is 2.00. The number of anilines is 1. The van der Waals surface area contributed by atoms with E-state index >= 15 is 0 Å². The van der Waals surface area contributed by atoms with Crippen LogP contribution in [0.4, 0.5) is 5.82 Å². The predicted molar refractivity (Wildman–Crippen MR) is 69.0 cm³/mol. The van der Waals surface area contributed by atoms with E-state index in [0.717, 1.165) is 24.0 Å². The highest BCUT2D eigenvalue weighted by molar-refractivity contribution is 5.85. The Hall–Kier alpha value is -1.84. The molecule has 0 saturated carbocycles. The van der Waals surface area contributed by atoms with Crippen LogP contribution in [-0.2, 0) is 4.79 Å². The average molecular weight is 234 g/mol. The van der Waals surface area contributed by atoms with Crippen molar-refractivity contribution in [1.29, 1.82) is 0 Å². The topological polar surface area (TPSA) is 53.4 Å². The molecule has 0 aromatic carbocycles. The summed E-state index contributed by atoms with van der Waals surface area (Å²) < 4.78 is 0. The van der Waals surface area contributed by atoms with Crippen LogP contribution in [0.5, 0.6) is 0 Å². The van der Waals surface area contributed by atoms with Gasteiger partial charge in [0.05, 0.1) is 0 Å². The molecule has 0 aliphatic rings. The van der Waals surface area contributed by atoms with Crippen LogP contribution in [-0.4, -0.2) is 29.7 Å². The van der Waals surface area contributed by atoms with E-state index in [2.05, 4.69) is 23.7 Å². The number of aromatic nitrogens is 1. The van der Waals surface area contributed by atoms with Crippen LogP contribution < -0.4 is 4.90 Å². The molecule has 1 heterocycles. The summed E-state index contributed by atoms with van der Waals surface area (Å²) in [6, 6.07) is 3.75. The molecule has 0 atom stereocenters. The number of hydrogen-bond acceptors (Lipinski definition) is 3. The fraction of sp³-hybridized carbons (Fsp3) is 0.385. The van der Waals surface area contributed by atoms with Gasteiger partial charge in [0.15, 0.2) is 0 Å². The molecular weight excluding hydrogens is 216 g/mol. The van der Waals surface area contributed by atoms with Gasteiger partial charge in [-0.3, -0.25) is 0 Å². The molecule has 1 rings (SSSR count). The molecule has 17 heavy (non-hydrogen) atoms. The van der Waals surface area contributed by atoms with Gasteiger partial charge in [-0.25, -0.2) is 9.78 Å². The summed E-state index contributed by atoms with van der Waals surface area (Å²) >= 11 is 0. The lowest BCUT2D eigenvalue weighted by Gasteiger charge is -2.20. The molecule has 0 fully saturated rings. The minimum Gasteiger partial charge on any atom is -0.478 e. The Morgan fingerprint density at radius 2 is 2.24 bits per heavy atom. The number of rotatable bonds is 5. The lowest BCUT2D eigenvalue weighted by Crippen LogP contribution is -2.23. The smallest absolute Gasteiger partial charge is 0.328 e. The first-order valence-electron chi connectivity index (χ1n) is 5.57. The minimum atomic E-state index is -0.953. The Bertz CT molecular complexity index is 396. The van der Waals surface area contributed by atoms with Crippen molar-refractivity contribution in [2.75, 3.05) is 18.5 Å². The second kappa shape index (κ2) is 6.03. The van der Waals surface area contributed by atoms with Crippen LogP contribution in [0.1, 0.15) is 19.4 Å². The van der Waals surface area contributed by atoms with Gasteiger partial charge in [0.1, 0.15) is 5.82 Å². The summed E-state index contributed by atoms with van der Waals surface area (Å²) in [5.41, 5.74) is 0.786. The van der Waals surface area contributed by atoms with E-state index < -0.39 is 5.97 Å². The molecule has 0 amide bonds. The maximum absolute atomic E-state index is 10.4. The van der Waals surface area contributed by atoms with Crippen LogP contribution in [0.2, 0.25) is 0 Å². The van der Waals surface area contributed by atoms with Gasteiger partial charge in [0, 0.05) is 25.9 Å². The van der Waals surface area contributed by atoms with Crippen molar-refractivity contribution in [1.82, 2.24) is 4.98 Å². The van der Waals surface area contributed by atoms with Gasteiger partial charge in [-0.05, 0) is 29.7 Å². The van der Waals surface area contributed by atoms with Gasteiger partial charge < -0.3 is 10.0 Å². The summed E-state index contributed by atoms with van der Waals surface area (Å²) in [6.07, 6.45) is 4.31. The van der Waals surface area contributed by atoms with Crippen LogP contribution >= 0.6 is 0 Å². The fourth-order valence-electron chi connectivity index (χ4n) is 1.53. The van der Waals surface area contributed by atoms with Gasteiger partial charge in [0.25, 0.3) is 0 Å². The van der Waals surface area contributed by atoms with E-state index in [9.17, 15) is 4.79 Å². The maximum Gasteiger partial charge on any atom is 0.328 e. The van der Waals surface area contributed by atoms with Gasteiger partial charge in [0.2, 0.25) is 0 Å². The molecule has 0 saturated heterocycles. The first-order chi connectivity index (χ1) is 7.99. The van der Waals surface area contributed by atoms with Crippen molar-refractivity contribution in [2.24, 2.45) is 5.92 Å². The monoisotopic (exact) mass is 234 g/mol. The van der Waals surface area contributed by atoms with E-state index in [1.54, 1.807) is 6.20 Å². The first-order valence-corrected chi connectivity index (χ1v) is 5.57. The molecule has 0 radical (unpaired) electrons. The number of carboxylic acid groups (broad SMARTS) is 1. The highest BCUT2D eigenvalue weighted by atomic mass is 16.4. The first kappa shape index (κ1) is 13.2. The van der Waals surface area contributed by atoms with Crippen LogP contribution in [0, 0.1) is 5.92 Å². The van der Waals surface area contributed by atoms with E-state index in [1.165, 1.54) is 6.08 Å². The Morgan fingerprint density at radius 1 is 1.53 bits per heavy atom. The zero-order valence-corrected chi connectivity index (χ0v) is 10.4. The van der Waals surface area contributed by atoms with Crippen molar-refractivity contribution in [2.45, 2.75) is 13.8 Å². The number of aliphatic carboxylic acids is 1. The van der Waals surface area contributed by atoms with Crippen LogP contribution in [0.25, 0.3) is 6.08 Å². The maximum atomic E-state index is 10.4. The quantitative estimate of drug-likeness (QED) is 0.794. The molecular formula is C13H18N2O2. The Labute approximate surface area is 102 Å². The average Bonchev–Trinajstić information content (AvgIpc) is 2.26. The third-order valence-electron chi connectivity index (χ3n) is 2.22.